The Morgan fingerprint density at radius 3 is 2.56 bits per heavy atom. The Hall–Kier alpha value is -3.29. The molecule has 0 bridgehead atoms. The first-order chi connectivity index (χ1) is 15.4. The zero-order chi connectivity index (χ0) is 22.7. The van der Waals surface area contributed by atoms with E-state index in [1.165, 1.54) is 0 Å². The first-order valence-electron chi connectivity index (χ1n) is 10.7. The number of ether oxygens (including phenoxy) is 1. The van der Waals surface area contributed by atoms with Crippen LogP contribution in [0.25, 0.3) is 0 Å². The van der Waals surface area contributed by atoms with Crippen LogP contribution in [0.4, 0.5) is 20.2 Å². The minimum atomic E-state index is -0.923. The average Bonchev–Trinajstić information content (AvgIpc) is 3.23. The van der Waals surface area contributed by atoms with Crippen molar-refractivity contribution in [1.29, 1.82) is 0 Å². The van der Waals surface area contributed by atoms with E-state index in [2.05, 4.69) is 5.32 Å². The quantitative estimate of drug-likeness (QED) is 0.714. The Morgan fingerprint density at radius 2 is 1.78 bits per heavy atom. The number of nitrogens with one attached hydrogen (secondary N) is 1. The van der Waals surface area contributed by atoms with Crippen molar-refractivity contribution in [3.63, 3.8) is 0 Å². The van der Waals surface area contributed by atoms with Crippen LogP contribution in [-0.4, -0.2) is 30.9 Å². The van der Waals surface area contributed by atoms with Gasteiger partial charge in [0.05, 0.1) is 17.5 Å². The number of amides is 2. The highest BCUT2D eigenvalue weighted by atomic mass is 19.1. The molecule has 1 N–H and O–H groups in total. The van der Waals surface area contributed by atoms with E-state index in [4.69, 9.17) is 4.74 Å². The van der Waals surface area contributed by atoms with Gasteiger partial charge in [0, 0.05) is 18.3 Å². The maximum absolute atomic E-state index is 13.7. The molecule has 32 heavy (non-hydrogen) atoms. The third-order valence-corrected chi connectivity index (χ3v) is 6.09. The molecule has 0 spiro atoms. The molecule has 1 heterocycles. The summed E-state index contributed by atoms with van der Waals surface area (Å²) in [6.45, 7) is -0.0261. The number of carbonyl (C=O) groups is 3. The standard InChI is InChI=1S/C24H24F2N2O4/c25-16-9-10-20(19(26)13-16)27-22(29)14-32-24(31)18-7-3-2-6-17(18)23(30)28-12-11-15-5-1-4-8-21(15)28/h1,4-5,8-10,13,17-18H,2-3,6-7,11-12,14H2,(H,27,29). The number of halogens is 2. The van der Waals surface area contributed by atoms with Crippen LogP contribution < -0.4 is 10.2 Å². The van der Waals surface area contributed by atoms with Crippen molar-refractivity contribution in [3.8, 4) is 0 Å². The van der Waals surface area contributed by atoms with Gasteiger partial charge in [-0.3, -0.25) is 14.4 Å². The van der Waals surface area contributed by atoms with Crippen LogP contribution in [0.2, 0.25) is 0 Å². The number of anilines is 2. The third kappa shape index (κ3) is 4.64. The summed E-state index contributed by atoms with van der Waals surface area (Å²) in [6.07, 6.45) is 3.53. The molecule has 168 valence electrons. The molecule has 8 heteroatoms. The monoisotopic (exact) mass is 442 g/mol. The van der Waals surface area contributed by atoms with E-state index >= 15 is 0 Å². The van der Waals surface area contributed by atoms with Gasteiger partial charge in [-0.15, -0.1) is 0 Å². The number of hydrogen-bond acceptors (Lipinski definition) is 4. The largest absolute Gasteiger partial charge is 0.455 e. The molecule has 1 aliphatic heterocycles. The zero-order valence-electron chi connectivity index (χ0n) is 17.5. The Morgan fingerprint density at radius 1 is 1.03 bits per heavy atom. The zero-order valence-corrected chi connectivity index (χ0v) is 17.5. The van der Waals surface area contributed by atoms with Crippen LogP contribution in [0.3, 0.4) is 0 Å². The summed E-state index contributed by atoms with van der Waals surface area (Å²) in [5, 5.41) is 2.25. The fourth-order valence-electron chi connectivity index (χ4n) is 4.50. The van der Waals surface area contributed by atoms with E-state index < -0.39 is 42.0 Å². The van der Waals surface area contributed by atoms with Gasteiger partial charge in [-0.25, -0.2) is 8.78 Å². The van der Waals surface area contributed by atoms with E-state index in [0.717, 1.165) is 42.6 Å². The molecule has 0 saturated heterocycles. The van der Waals surface area contributed by atoms with Gasteiger partial charge >= 0.3 is 5.97 Å². The predicted molar refractivity (Wildman–Crippen MR) is 114 cm³/mol. The van der Waals surface area contributed by atoms with E-state index in [1.807, 2.05) is 24.3 Å². The van der Waals surface area contributed by atoms with Crippen LogP contribution in [0.5, 0.6) is 0 Å². The highest BCUT2D eigenvalue weighted by Gasteiger charge is 2.40. The van der Waals surface area contributed by atoms with Crippen molar-refractivity contribution in [1.82, 2.24) is 0 Å². The second-order valence-electron chi connectivity index (χ2n) is 8.15. The number of benzene rings is 2. The van der Waals surface area contributed by atoms with Crippen LogP contribution in [0.1, 0.15) is 31.2 Å². The summed E-state index contributed by atoms with van der Waals surface area (Å²) in [4.78, 5) is 39.9. The summed E-state index contributed by atoms with van der Waals surface area (Å²) < 4.78 is 31.9. The van der Waals surface area contributed by atoms with Crippen molar-refractivity contribution >= 4 is 29.2 Å². The fraction of sp³-hybridized carbons (Fsp3) is 0.375. The molecular formula is C24H24F2N2O4. The molecule has 2 aromatic carbocycles. The number of nitrogens with zero attached hydrogens (tertiary/aromatic N) is 1. The highest BCUT2D eigenvalue weighted by molar-refractivity contribution is 5.99. The second-order valence-corrected chi connectivity index (χ2v) is 8.15. The summed E-state index contributed by atoms with van der Waals surface area (Å²) in [7, 11) is 0. The molecule has 2 unspecified atom stereocenters. The molecular weight excluding hydrogens is 418 g/mol. The van der Waals surface area contributed by atoms with E-state index in [1.54, 1.807) is 4.90 Å². The average molecular weight is 442 g/mol. The van der Waals surface area contributed by atoms with Crippen molar-refractivity contribution in [2.75, 3.05) is 23.4 Å². The molecule has 0 aromatic heterocycles. The molecule has 2 aromatic rings. The number of para-hydroxylation sites is 1. The lowest BCUT2D eigenvalue weighted by Crippen LogP contribution is -2.42. The Labute approximate surface area is 184 Å². The third-order valence-electron chi connectivity index (χ3n) is 6.09. The van der Waals surface area contributed by atoms with Gasteiger partial charge in [-0.2, -0.15) is 0 Å². The van der Waals surface area contributed by atoms with Crippen molar-refractivity contribution in [3.05, 3.63) is 59.7 Å². The molecule has 1 saturated carbocycles. The van der Waals surface area contributed by atoms with Crippen molar-refractivity contribution in [2.45, 2.75) is 32.1 Å². The first-order valence-corrected chi connectivity index (χ1v) is 10.7. The molecule has 0 radical (unpaired) electrons. The lowest BCUT2D eigenvalue weighted by molar-refractivity contribution is -0.156. The maximum atomic E-state index is 13.7. The van der Waals surface area contributed by atoms with Gasteiger partial charge in [0.1, 0.15) is 11.6 Å². The fourth-order valence-corrected chi connectivity index (χ4v) is 4.50. The van der Waals surface area contributed by atoms with Crippen LogP contribution in [-0.2, 0) is 25.5 Å². The van der Waals surface area contributed by atoms with Gasteiger partial charge in [0.2, 0.25) is 5.91 Å². The smallest absolute Gasteiger partial charge is 0.310 e. The van der Waals surface area contributed by atoms with Crippen LogP contribution in [0.15, 0.2) is 42.5 Å². The Bertz CT molecular complexity index is 1040. The summed E-state index contributed by atoms with van der Waals surface area (Å²) in [5.74, 6) is -4.25. The number of carbonyl (C=O) groups excluding carboxylic acids is 3. The molecule has 4 rings (SSSR count). The topological polar surface area (TPSA) is 75.7 Å². The molecule has 2 aliphatic rings. The number of hydrogen-bond donors (Lipinski definition) is 1. The predicted octanol–water partition coefficient (Wildman–Crippen LogP) is 3.84. The van der Waals surface area contributed by atoms with Crippen LogP contribution >= 0.6 is 0 Å². The van der Waals surface area contributed by atoms with E-state index in [-0.39, 0.29) is 11.6 Å². The molecule has 2 atom stereocenters. The lowest BCUT2D eigenvalue weighted by Gasteiger charge is -2.32. The molecule has 2 amide bonds. The van der Waals surface area contributed by atoms with Gasteiger partial charge in [-0.1, -0.05) is 31.0 Å². The maximum Gasteiger partial charge on any atom is 0.310 e. The Kier molecular flexibility index (Phi) is 6.48. The number of esters is 1. The Balaban J connectivity index is 1.37. The van der Waals surface area contributed by atoms with Gasteiger partial charge < -0.3 is 15.0 Å². The summed E-state index contributed by atoms with van der Waals surface area (Å²) in [5.41, 5.74) is 1.79. The normalized spacial score (nSPS) is 19.9. The SMILES string of the molecule is O=C(COC(=O)C1CCCCC1C(=O)N1CCc2ccccc21)Nc1ccc(F)cc1F. The summed E-state index contributed by atoms with van der Waals surface area (Å²) >= 11 is 0. The van der Waals surface area contributed by atoms with Crippen molar-refractivity contribution < 1.29 is 27.9 Å². The number of rotatable bonds is 5. The molecule has 1 aliphatic carbocycles. The minimum Gasteiger partial charge on any atom is -0.455 e. The lowest BCUT2D eigenvalue weighted by atomic mass is 9.78. The van der Waals surface area contributed by atoms with Crippen molar-refractivity contribution in [2.24, 2.45) is 11.8 Å². The van der Waals surface area contributed by atoms with Gasteiger partial charge in [0.25, 0.3) is 5.91 Å². The first kappa shape index (κ1) is 21.9. The van der Waals surface area contributed by atoms with E-state index in [0.29, 0.717) is 25.5 Å². The highest BCUT2D eigenvalue weighted by Crippen LogP contribution is 2.36. The number of fused-ring (bicyclic) bond motifs is 1. The summed E-state index contributed by atoms with van der Waals surface area (Å²) in [6, 6.07) is 10.5. The van der Waals surface area contributed by atoms with E-state index in [9.17, 15) is 23.2 Å². The van der Waals surface area contributed by atoms with Gasteiger partial charge in [-0.05, 0) is 43.0 Å². The van der Waals surface area contributed by atoms with Crippen LogP contribution in [0, 0.1) is 23.5 Å². The van der Waals surface area contributed by atoms with Gasteiger partial charge in [0.15, 0.2) is 6.61 Å². The molecule has 1 fully saturated rings. The second kappa shape index (κ2) is 9.46. The minimum absolute atomic E-state index is 0.0885. The molecule has 6 nitrogen and oxygen atoms in total.